The highest BCUT2D eigenvalue weighted by Gasteiger charge is 1.97. The average Bonchev–Trinajstić information content (AvgIpc) is 2.37. The van der Waals surface area contributed by atoms with Crippen LogP contribution in [0.3, 0.4) is 0 Å². The predicted octanol–water partition coefficient (Wildman–Crippen LogP) is 2.64. The number of hydrogen-bond acceptors (Lipinski definition) is 3. The number of rotatable bonds is 9. The topological polar surface area (TPSA) is 30.5 Å². The molecule has 0 amide bonds. The van der Waals surface area contributed by atoms with Gasteiger partial charge in [-0.1, -0.05) is 38.6 Å². The zero-order valence-electron chi connectivity index (χ0n) is 11.3. The molecular formula is C15H23NO2. The van der Waals surface area contributed by atoms with Crippen LogP contribution in [0, 0.1) is 0 Å². The van der Waals surface area contributed by atoms with Crippen molar-refractivity contribution in [2.75, 3.05) is 26.4 Å². The molecule has 0 unspecified atom stereocenters. The van der Waals surface area contributed by atoms with Crippen molar-refractivity contribution in [1.82, 2.24) is 5.32 Å². The molecule has 0 heterocycles. The van der Waals surface area contributed by atoms with Crippen LogP contribution in [0.4, 0.5) is 0 Å². The second kappa shape index (κ2) is 8.72. The molecule has 0 bridgehead atoms. The molecule has 0 saturated heterocycles. The standard InChI is InChI=1S/C15H23NO2/c1-13(2)16-11-14(3)12-17-9-10-18-15-7-5-4-6-8-15/h4-8,13,16H,3,9-12H2,1-2H3. The van der Waals surface area contributed by atoms with E-state index in [1.807, 2.05) is 30.3 Å². The van der Waals surface area contributed by atoms with Gasteiger partial charge in [0.2, 0.25) is 0 Å². The molecule has 1 aromatic rings. The zero-order valence-corrected chi connectivity index (χ0v) is 11.3. The lowest BCUT2D eigenvalue weighted by Crippen LogP contribution is -2.26. The van der Waals surface area contributed by atoms with Gasteiger partial charge in [0, 0.05) is 12.6 Å². The summed E-state index contributed by atoms with van der Waals surface area (Å²) in [4.78, 5) is 0. The maximum Gasteiger partial charge on any atom is 0.119 e. The Morgan fingerprint density at radius 1 is 1.22 bits per heavy atom. The van der Waals surface area contributed by atoms with Crippen LogP contribution >= 0.6 is 0 Å². The van der Waals surface area contributed by atoms with Crippen molar-refractivity contribution in [2.24, 2.45) is 0 Å². The molecule has 0 saturated carbocycles. The summed E-state index contributed by atoms with van der Waals surface area (Å²) in [6.45, 7) is 10.7. The third-order valence-electron chi connectivity index (χ3n) is 2.31. The van der Waals surface area contributed by atoms with Crippen molar-refractivity contribution in [3.05, 3.63) is 42.5 Å². The van der Waals surface area contributed by atoms with Gasteiger partial charge < -0.3 is 14.8 Å². The Kier molecular flexibility index (Phi) is 7.14. The van der Waals surface area contributed by atoms with Crippen LogP contribution in [0.15, 0.2) is 42.5 Å². The summed E-state index contributed by atoms with van der Waals surface area (Å²) in [6.07, 6.45) is 0. The van der Waals surface area contributed by atoms with E-state index >= 15 is 0 Å². The van der Waals surface area contributed by atoms with Gasteiger partial charge in [-0.05, 0) is 17.7 Å². The van der Waals surface area contributed by atoms with Crippen molar-refractivity contribution in [3.63, 3.8) is 0 Å². The summed E-state index contributed by atoms with van der Waals surface area (Å²) in [7, 11) is 0. The smallest absolute Gasteiger partial charge is 0.119 e. The van der Waals surface area contributed by atoms with Crippen molar-refractivity contribution in [1.29, 1.82) is 0 Å². The van der Waals surface area contributed by atoms with E-state index in [0.717, 1.165) is 17.9 Å². The van der Waals surface area contributed by atoms with Gasteiger partial charge in [0.15, 0.2) is 0 Å². The van der Waals surface area contributed by atoms with Crippen LogP contribution in [-0.4, -0.2) is 32.4 Å². The maximum absolute atomic E-state index is 5.52. The fourth-order valence-corrected chi connectivity index (χ4v) is 1.35. The first-order valence-electron chi connectivity index (χ1n) is 6.34. The fraction of sp³-hybridized carbons (Fsp3) is 0.467. The van der Waals surface area contributed by atoms with Crippen LogP contribution in [0.25, 0.3) is 0 Å². The molecule has 1 rings (SSSR count). The van der Waals surface area contributed by atoms with E-state index < -0.39 is 0 Å². The highest BCUT2D eigenvalue weighted by atomic mass is 16.5. The summed E-state index contributed by atoms with van der Waals surface area (Å²) >= 11 is 0. The number of hydrogen-bond donors (Lipinski definition) is 1. The lowest BCUT2D eigenvalue weighted by Gasteiger charge is -2.11. The van der Waals surface area contributed by atoms with Crippen LogP contribution in [0.5, 0.6) is 5.75 Å². The normalized spacial score (nSPS) is 10.6. The number of ether oxygens (including phenoxy) is 2. The Morgan fingerprint density at radius 2 is 1.94 bits per heavy atom. The molecule has 100 valence electrons. The van der Waals surface area contributed by atoms with E-state index in [4.69, 9.17) is 9.47 Å². The van der Waals surface area contributed by atoms with Gasteiger partial charge in [0.1, 0.15) is 12.4 Å². The summed E-state index contributed by atoms with van der Waals surface area (Å²) in [5.74, 6) is 0.876. The highest BCUT2D eigenvalue weighted by Crippen LogP contribution is 2.07. The number of benzene rings is 1. The van der Waals surface area contributed by atoms with E-state index in [0.29, 0.717) is 25.9 Å². The minimum absolute atomic E-state index is 0.475. The molecule has 0 radical (unpaired) electrons. The Balaban J connectivity index is 2.00. The molecule has 18 heavy (non-hydrogen) atoms. The lowest BCUT2D eigenvalue weighted by atomic mass is 10.3. The fourth-order valence-electron chi connectivity index (χ4n) is 1.35. The molecule has 0 aromatic heterocycles. The molecule has 3 heteroatoms. The van der Waals surface area contributed by atoms with Crippen LogP contribution < -0.4 is 10.1 Å². The second-order valence-electron chi connectivity index (χ2n) is 4.50. The summed E-state index contributed by atoms with van der Waals surface area (Å²) in [5, 5.41) is 3.30. The average molecular weight is 249 g/mol. The Bertz CT molecular complexity index is 336. The van der Waals surface area contributed by atoms with Crippen LogP contribution in [0.2, 0.25) is 0 Å². The van der Waals surface area contributed by atoms with Gasteiger partial charge in [0.05, 0.1) is 13.2 Å². The first kappa shape index (κ1) is 14.7. The Labute approximate surface area is 110 Å². The summed E-state index contributed by atoms with van der Waals surface area (Å²) in [6, 6.07) is 10.2. The van der Waals surface area contributed by atoms with Crippen molar-refractivity contribution in [2.45, 2.75) is 19.9 Å². The van der Waals surface area contributed by atoms with E-state index in [1.165, 1.54) is 0 Å². The lowest BCUT2D eigenvalue weighted by molar-refractivity contribution is 0.115. The third-order valence-corrected chi connectivity index (χ3v) is 2.31. The van der Waals surface area contributed by atoms with Crippen LogP contribution in [0.1, 0.15) is 13.8 Å². The molecule has 0 fully saturated rings. The molecule has 3 nitrogen and oxygen atoms in total. The Hall–Kier alpha value is -1.32. The molecule has 0 aliphatic heterocycles. The van der Waals surface area contributed by atoms with Gasteiger partial charge in [-0.25, -0.2) is 0 Å². The third kappa shape index (κ3) is 7.09. The maximum atomic E-state index is 5.52. The SMILES string of the molecule is C=C(CNC(C)C)COCCOc1ccccc1. The van der Waals surface area contributed by atoms with Crippen LogP contribution in [-0.2, 0) is 4.74 Å². The summed E-state index contributed by atoms with van der Waals surface area (Å²) < 4.78 is 11.0. The molecular weight excluding hydrogens is 226 g/mol. The largest absolute Gasteiger partial charge is 0.491 e. The van der Waals surface area contributed by atoms with Gasteiger partial charge in [-0.3, -0.25) is 0 Å². The molecule has 1 aromatic carbocycles. The minimum Gasteiger partial charge on any atom is -0.491 e. The van der Waals surface area contributed by atoms with E-state index in [2.05, 4.69) is 25.7 Å². The molecule has 0 atom stereocenters. The first-order valence-corrected chi connectivity index (χ1v) is 6.34. The minimum atomic E-state index is 0.475. The van der Waals surface area contributed by atoms with Gasteiger partial charge in [-0.15, -0.1) is 0 Å². The molecule has 0 aliphatic carbocycles. The zero-order chi connectivity index (χ0) is 13.2. The summed E-state index contributed by atoms with van der Waals surface area (Å²) in [5.41, 5.74) is 1.06. The van der Waals surface area contributed by atoms with Crippen molar-refractivity contribution < 1.29 is 9.47 Å². The molecule has 1 N–H and O–H groups in total. The van der Waals surface area contributed by atoms with E-state index in [9.17, 15) is 0 Å². The van der Waals surface area contributed by atoms with E-state index in [-0.39, 0.29) is 0 Å². The van der Waals surface area contributed by atoms with Gasteiger partial charge in [0.25, 0.3) is 0 Å². The van der Waals surface area contributed by atoms with Crippen molar-refractivity contribution >= 4 is 0 Å². The van der Waals surface area contributed by atoms with Gasteiger partial charge >= 0.3 is 0 Å². The quantitative estimate of drug-likeness (QED) is 0.539. The van der Waals surface area contributed by atoms with Crippen molar-refractivity contribution in [3.8, 4) is 5.75 Å². The first-order chi connectivity index (χ1) is 8.68. The Morgan fingerprint density at radius 3 is 2.61 bits per heavy atom. The second-order valence-corrected chi connectivity index (χ2v) is 4.50. The number of nitrogens with one attached hydrogen (secondary N) is 1. The van der Waals surface area contributed by atoms with Gasteiger partial charge in [-0.2, -0.15) is 0 Å². The molecule has 0 aliphatic rings. The predicted molar refractivity (Wildman–Crippen MR) is 75.0 cm³/mol. The number of para-hydroxylation sites is 1. The monoisotopic (exact) mass is 249 g/mol. The van der Waals surface area contributed by atoms with E-state index in [1.54, 1.807) is 0 Å². The molecule has 0 spiro atoms. The highest BCUT2D eigenvalue weighted by molar-refractivity contribution is 5.20.